The number of ketones is 1. The van der Waals surface area contributed by atoms with E-state index in [1.165, 1.54) is 30.5 Å². The first-order valence-corrected chi connectivity index (χ1v) is 11.2. The van der Waals surface area contributed by atoms with Gasteiger partial charge in [-0.25, -0.2) is 13.6 Å². The summed E-state index contributed by atoms with van der Waals surface area (Å²) in [7, 11) is 0. The molecule has 0 bridgehead atoms. The largest absolute Gasteiger partial charge is 0.477 e. The van der Waals surface area contributed by atoms with E-state index in [9.17, 15) is 23.9 Å². The number of carboxylic acids is 1. The third kappa shape index (κ3) is 4.19. The number of fused-ring (bicyclic) bond motifs is 1. The molecule has 34 heavy (non-hydrogen) atoms. The summed E-state index contributed by atoms with van der Waals surface area (Å²) in [6.07, 6.45) is 3.13. The lowest BCUT2D eigenvalue weighted by atomic mass is 10.1. The molecule has 2 aromatic carbocycles. The number of rotatable bonds is 6. The van der Waals surface area contributed by atoms with Crippen LogP contribution in [0.5, 0.6) is 0 Å². The number of halogens is 2. The predicted octanol–water partition coefficient (Wildman–Crippen LogP) is 3.32. The molecule has 2 aliphatic rings. The Morgan fingerprint density at radius 2 is 1.68 bits per heavy atom. The normalized spacial score (nSPS) is 16.7. The molecule has 1 aromatic heterocycles. The molecule has 0 unspecified atom stereocenters. The Bertz CT molecular complexity index is 1340. The van der Waals surface area contributed by atoms with Gasteiger partial charge >= 0.3 is 5.97 Å². The van der Waals surface area contributed by atoms with Crippen LogP contribution < -0.4 is 10.3 Å². The maximum absolute atomic E-state index is 15.1. The Labute approximate surface area is 193 Å². The first-order chi connectivity index (χ1) is 16.3. The molecule has 0 radical (unpaired) electrons. The number of aromatic carboxylic acids is 1. The molecular formula is C25H23F2N3O4. The van der Waals surface area contributed by atoms with Gasteiger partial charge in [-0.05, 0) is 49.2 Å². The zero-order chi connectivity index (χ0) is 24.0. The standard InChI is InChI=1S/C25H23F2N3O4/c26-16-3-1-15(2-4-16)23(31)14-28-7-9-29(10-8-28)22-12-21-18(11-20(22)27)24(32)19(25(33)34)13-30(21)17-5-6-17/h1-4,11-13,17H,5-10,14H2,(H,33,34). The van der Waals surface area contributed by atoms with Gasteiger partial charge in [0.2, 0.25) is 5.43 Å². The second-order valence-electron chi connectivity index (χ2n) is 8.83. The fourth-order valence-corrected chi connectivity index (χ4v) is 4.49. The quantitative estimate of drug-likeness (QED) is 0.560. The molecule has 3 aromatic rings. The number of anilines is 1. The van der Waals surface area contributed by atoms with Crippen molar-refractivity contribution >= 4 is 28.3 Å². The predicted molar refractivity (Wildman–Crippen MR) is 123 cm³/mol. The van der Waals surface area contributed by atoms with Gasteiger partial charge in [-0.3, -0.25) is 14.5 Å². The van der Waals surface area contributed by atoms with Crippen molar-refractivity contribution in [1.82, 2.24) is 9.47 Å². The summed E-state index contributed by atoms with van der Waals surface area (Å²) in [6, 6.07) is 8.33. The van der Waals surface area contributed by atoms with Gasteiger partial charge in [0.25, 0.3) is 0 Å². The van der Waals surface area contributed by atoms with Crippen LogP contribution in [0.4, 0.5) is 14.5 Å². The van der Waals surface area contributed by atoms with Gasteiger partial charge in [-0.15, -0.1) is 0 Å². The molecule has 7 nitrogen and oxygen atoms in total. The summed E-state index contributed by atoms with van der Waals surface area (Å²) < 4.78 is 30.0. The Kier molecular flexibility index (Phi) is 5.65. The molecule has 9 heteroatoms. The molecule has 176 valence electrons. The van der Waals surface area contributed by atoms with Crippen molar-refractivity contribution in [2.45, 2.75) is 18.9 Å². The van der Waals surface area contributed by atoms with Gasteiger partial charge in [-0.1, -0.05) is 0 Å². The zero-order valence-electron chi connectivity index (χ0n) is 18.3. The van der Waals surface area contributed by atoms with Crippen LogP contribution in [0.2, 0.25) is 0 Å². The molecule has 2 heterocycles. The minimum atomic E-state index is -1.32. The lowest BCUT2D eigenvalue weighted by molar-refractivity contribution is 0.0694. The summed E-state index contributed by atoms with van der Waals surface area (Å²) in [5, 5.41) is 9.46. The number of aromatic nitrogens is 1. The molecule has 1 saturated heterocycles. The van der Waals surface area contributed by atoms with Crippen LogP contribution in [-0.4, -0.2) is 59.0 Å². The van der Waals surface area contributed by atoms with Crippen molar-refractivity contribution in [3.8, 4) is 0 Å². The van der Waals surface area contributed by atoms with Crippen LogP contribution in [0.25, 0.3) is 10.9 Å². The molecule has 0 spiro atoms. The number of piperazine rings is 1. The third-order valence-electron chi connectivity index (χ3n) is 6.52. The topological polar surface area (TPSA) is 82.8 Å². The molecule has 1 aliphatic heterocycles. The fourth-order valence-electron chi connectivity index (χ4n) is 4.49. The van der Waals surface area contributed by atoms with Crippen LogP contribution in [0, 0.1) is 11.6 Å². The second kappa shape index (κ2) is 8.64. The van der Waals surface area contributed by atoms with E-state index in [1.54, 1.807) is 10.6 Å². The van der Waals surface area contributed by atoms with E-state index in [2.05, 4.69) is 0 Å². The Balaban J connectivity index is 1.36. The molecule has 2 fully saturated rings. The number of carboxylic acid groups (broad SMARTS) is 1. The SMILES string of the molecule is O=C(CN1CCN(c2cc3c(cc2F)c(=O)c(C(=O)O)cn3C2CC2)CC1)c1ccc(F)cc1. The highest BCUT2D eigenvalue weighted by molar-refractivity contribution is 5.97. The van der Waals surface area contributed by atoms with E-state index in [-0.39, 0.29) is 29.3 Å². The van der Waals surface area contributed by atoms with Gasteiger partial charge in [0, 0.05) is 49.4 Å². The van der Waals surface area contributed by atoms with E-state index >= 15 is 4.39 Å². The van der Waals surface area contributed by atoms with Crippen LogP contribution in [0.1, 0.15) is 39.6 Å². The van der Waals surface area contributed by atoms with Crippen molar-refractivity contribution < 1.29 is 23.5 Å². The van der Waals surface area contributed by atoms with Gasteiger partial charge < -0.3 is 14.6 Å². The van der Waals surface area contributed by atoms with E-state index in [0.29, 0.717) is 42.9 Å². The Hall–Kier alpha value is -3.59. The number of carbonyl (C=O) groups excluding carboxylic acids is 1. The summed E-state index contributed by atoms with van der Waals surface area (Å²) in [4.78, 5) is 40.5. The third-order valence-corrected chi connectivity index (χ3v) is 6.52. The number of benzene rings is 2. The number of hydrogen-bond donors (Lipinski definition) is 1. The van der Waals surface area contributed by atoms with Gasteiger partial charge in [0.15, 0.2) is 5.78 Å². The number of Topliss-reactive ketones (excluding diaryl/α,β-unsaturated/α-hetero) is 1. The van der Waals surface area contributed by atoms with E-state index < -0.39 is 23.0 Å². The summed E-state index contributed by atoms with van der Waals surface area (Å²) in [5.74, 6) is -2.40. The smallest absolute Gasteiger partial charge is 0.341 e. The average molecular weight is 467 g/mol. The van der Waals surface area contributed by atoms with Crippen LogP contribution >= 0.6 is 0 Å². The highest BCUT2D eigenvalue weighted by Gasteiger charge is 2.28. The molecule has 1 saturated carbocycles. The number of carbonyl (C=O) groups is 2. The summed E-state index contributed by atoms with van der Waals surface area (Å²) >= 11 is 0. The summed E-state index contributed by atoms with van der Waals surface area (Å²) in [6.45, 7) is 2.24. The molecule has 1 N–H and O–H groups in total. The highest BCUT2D eigenvalue weighted by atomic mass is 19.1. The first-order valence-electron chi connectivity index (χ1n) is 11.2. The molecule has 5 rings (SSSR count). The number of nitrogens with zero attached hydrogens (tertiary/aromatic N) is 3. The lowest BCUT2D eigenvalue weighted by Crippen LogP contribution is -2.48. The van der Waals surface area contributed by atoms with E-state index in [4.69, 9.17) is 0 Å². The maximum Gasteiger partial charge on any atom is 0.341 e. The fraction of sp³-hybridized carbons (Fsp3) is 0.320. The Morgan fingerprint density at radius 3 is 2.29 bits per heavy atom. The van der Waals surface area contributed by atoms with E-state index in [1.807, 2.05) is 9.80 Å². The second-order valence-corrected chi connectivity index (χ2v) is 8.83. The van der Waals surface area contributed by atoms with Crippen molar-refractivity contribution in [3.63, 3.8) is 0 Å². The van der Waals surface area contributed by atoms with Gasteiger partial charge in [0.05, 0.1) is 17.7 Å². The highest BCUT2D eigenvalue weighted by Crippen LogP contribution is 2.38. The van der Waals surface area contributed by atoms with Crippen LogP contribution in [-0.2, 0) is 0 Å². The number of hydrogen-bond acceptors (Lipinski definition) is 5. The lowest BCUT2D eigenvalue weighted by Gasteiger charge is -2.36. The van der Waals surface area contributed by atoms with Crippen molar-refractivity contribution in [2.75, 3.05) is 37.6 Å². The molecule has 1 aliphatic carbocycles. The van der Waals surface area contributed by atoms with Gasteiger partial charge in [0.1, 0.15) is 17.2 Å². The minimum absolute atomic E-state index is 0.0663. The van der Waals surface area contributed by atoms with Gasteiger partial charge in [-0.2, -0.15) is 0 Å². The van der Waals surface area contributed by atoms with Crippen molar-refractivity contribution in [3.05, 3.63) is 75.6 Å². The average Bonchev–Trinajstić information content (AvgIpc) is 3.65. The maximum atomic E-state index is 15.1. The van der Waals surface area contributed by atoms with Crippen molar-refractivity contribution in [2.24, 2.45) is 0 Å². The molecular weight excluding hydrogens is 444 g/mol. The van der Waals surface area contributed by atoms with Crippen molar-refractivity contribution in [1.29, 1.82) is 0 Å². The Morgan fingerprint density at radius 1 is 1.00 bits per heavy atom. The summed E-state index contributed by atoms with van der Waals surface area (Å²) in [5.41, 5.74) is 0.292. The molecule has 0 amide bonds. The minimum Gasteiger partial charge on any atom is -0.477 e. The molecule has 0 atom stereocenters. The van der Waals surface area contributed by atoms with Crippen LogP contribution in [0.15, 0.2) is 47.4 Å². The number of pyridine rings is 1. The van der Waals surface area contributed by atoms with E-state index in [0.717, 1.165) is 18.9 Å². The monoisotopic (exact) mass is 467 g/mol. The zero-order valence-corrected chi connectivity index (χ0v) is 18.3. The van der Waals surface area contributed by atoms with Crippen LogP contribution in [0.3, 0.4) is 0 Å². The first kappa shape index (κ1) is 22.2.